The van der Waals surface area contributed by atoms with Crippen LogP contribution in [-0.2, 0) is 16.6 Å². The minimum absolute atomic E-state index is 0.215. The van der Waals surface area contributed by atoms with E-state index < -0.39 is 10.0 Å². The van der Waals surface area contributed by atoms with E-state index in [1.165, 1.54) is 22.1 Å². The van der Waals surface area contributed by atoms with Crippen LogP contribution in [0.2, 0.25) is 0 Å². The van der Waals surface area contributed by atoms with Crippen LogP contribution in [0.25, 0.3) is 0 Å². The highest BCUT2D eigenvalue weighted by molar-refractivity contribution is 7.89. The number of piperazine rings is 1. The van der Waals surface area contributed by atoms with E-state index in [1.54, 1.807) is 12.1 Å². The summed E-state index contributed by atoms with van der Waals surface area (Å²) in [5, 5.41) is 2.91. The Hall–Kier alpha value is -2.42. The third-order valence-corrected chi connectivity index (χ3v) is 7.99. The second kappa shape index (κ2) is 9.38. The number of nitrogens with one attached hydrogen (secondary N) is 1. The molecule has 166 valence electrons. The number of amides is 1. The molecule has 2 heterocycles. The molecule has 1 amide bonds. The Bertz CT molecular complexity index is 992. The van der Waals surface area contributed by atoms with Crippen LogP contribution >= 0.6 is 0 Å². The van der Waals surface area contributed by atoms with Crippen LogP contribution in [0, 0.1) is 0 Å². The van der Waals surface area contributed by atoms with E-state index in [0.29, 0.717) is 25.2 Å². The minimum Gasteiger partial charge on any atom is -0.369 e. The zero-order valence-electron chi connectivity index (χ0n) is 18.0. The van der Waals surface area contributed by atoms with E-state index in [2.05, 4.69) is 34.3 Å². The molecule has 0 radical (unpaired) electrons. The van der Waals surface area contributed by atoms with Gasteiger partial charge in [-0.3, -0.25) is 4.79 Å². The summed E-state index contributed by atoms with van der Waals surface area (Å²) in [6.45, 7) is 5.74. The number of hydrogen-bond donors (Lipinski definition) is 1. The SMILES string of the molecule is CN1CCN(c2ccc(CNC(=O)c3ccc(S(=O)(=O)N4CCCC4)cc3)cc2)CC1. The molecule has 1 N–H and O–H groups in total. The minimum atomic E-state index is -3.46. The van der Waals surface area contributed by atoms with Crippen LogP contribution in [0.4, 0.5) is 5.69 Å². The van der Waals surface area contributed by atoms with Crippen molar-refractivity contribution in [1.29, 1.82) is 0 Å². The number of rotatable bonds is 6. The molecule has 0 spiro atoms. The van der Waals surface area contributed by atoms with Gasteiger partial charge >= 0.3 is 0 Å². The summed E-state index contributed by atoms with van der Waals surface area (Å²) in [4.78, 5) is 17.4. The molecule has 2 aliphatic heterocycles. The van der Waals surface area contributed by atoms with E-state index in [0.717, 1.165) is 44.6 Å². The van der Waals surface area contributed by atoms with Crippen LogP contribution in [0.3, 0.4) is 0 Å². The zero-order valence-corrected chi connectivity index (χ0v) is 18.8. The lowest BCUT2D eigenvalue weighted by Crippen LogP contribution is -2.44. The first-order valence-electron chi connectivity index (χ1n) is 10.8. The summed E-state index contributed by atoms with van der Waals surface area (Å²) in [5.41, 5.74) is 2.69. The molecule has 31 heavy (non-hydrogen) atoms. The van der Waals surface area contributed by atoms with Crippen LogP contribution in [-0.4, -0.2) is 69.8 Å². The molecular formula is C23H30N4O3S. The van der Waals surface area contributed by atoms with E-state index in [-0.39, 0.29) is 10.8 Å². The molecule has 8 heteroatoms. The molecule has 0 unspecified atom stereocenters. The highest BCUT2D eigenvalue weighted by Crippen LogP contribution is 2.21. The lowest BCUT2D eigenvalue weighted by molar-refractivity contribution is 0.0951. The van der Waals surface area contributed by atoms with E-state index in [4.69, 9.17) is 0 Å². The van der Waals surface area contributed by atoms with Gasteiger partial charge in [0.25, 0.3) is 5.91 Å². The predicted octanol–water partition coefficient (Wildman–Crippen LogP) is 2.15. The molecule has 0 aliphatic carbocycles. The second-order valence-electron chi connectivity index (χ2n) is 8.28. The summed E-state index contributed by atoms with van der Waals surface area (Å²) in [6.07, 6.45) is 1.80. The third-order valence-electron chi connectivity index (χ3n) is 6.08. The van der Waals surface area contributed by atoms with Crippen molar-refractivity contribution < 1.29 is 13.2 Å². The number of sulfonamides is 1. The van der Waals surface area contributed by atoms with Crippen LogP contribution in [0.1, 0.15) is 28.8 Å². The molecule has 2 aromatic rings. The summed E-state index contributed by atoms with van der Waals surface area (Å²) >= 11 is 0. The van der Waals surface area contributed by atoms with Crippen molar-refractivity contribution in [2.24, 2.45) is 0 Å². The summed E-state index contributed by atoms with van der Waals surface area (Å²) in [6, 6.07) is 14.5. The van der Waals surface area contributed by atoms with Gasteiger partial charge in [-0.25, -0.2) is 8.42 Å². The molecule has 2 saturated heterocycles. The normalized spacial score (nSPS) is 18.3. The topological polar surface area (TPSA) is 73.0 Å². The molecule has 0 atom stereocenters. The number of nitrogens with zero attached hydrogens (tertiary/aromatic N) is 3. The Labute approximate surface area is 184 Å². The van der Waals surface area contributed by atoms with Gasteiger partial charge in [0.05, 0.1) is 4.90 Å². The number of carbonyl (C=O) groups is 1. The van der Waals surface area contributed by atoms with Crippen molar-refractivity contribution in [3.05, 3.63) is 59.7 Å². The number of anilines is 1. The quantitative estimate of drug-likeness (QED) is 0.742. The van der Waals surface area contributed by atoms with Crippen LogP contribution < -0.4 is 10.2 Å². The van der Waals surface area contributed by atoms with Gasteiger partial charge in [0.15, 0.2) is 0 Å². The monoisotopic (exact) mass is 442 g/mol. The second-order valence-corrected chi connectivity index (χ2v) is 10.2. The van der Waals surface area contributed by atoms with Gasteiger partial charge in [0.1, 0.15) is 0 Å². The molecule has 4 rings (SSSR count). The maximum atomic E-state index is 12.6. The van der Waals surface area contributed by atoms with Gasteiger partial charge in [0.2, 0.25) is 10.0 Å². The lowest BCUT2D eigenvalue weighted by atomic mass is 10.1. The molecule has 0 aromatic heterocycles. The Balaban J connectivity index is 1.32. The molecule has 2 fully saturated rings. The van der Waals surface area contributed by atoms with Gasteiger partial charge in [-0.1, -0.05) is 12.1 Å². The Morgan fingerprint density at radius 1 is 0.871 bits per heavy atom. The fourth-order valence-corrected chi connectivity index (χ4v) is 5.55. The number of likely N-dealkylation sites (N-methyl/N-ethyl adjacent to an activating group) is 1. The van der Waals surface area contributed by atoms with Gasteiger partial charge in [0, 0.05) is 57.1 Å². The Morgan fingerprint density at radius 3 is 2.10 bits per heavy atom. The van der Waals surface area contributed by atoms with Gasteiger partial charge in [-0.15, -0.1) is 0 Å². The third kappa shape index (κ3) is 5.08. The zero-order chi connectivity index (χ0) is 21.8. The maximum Gasteiger partial charge on any atom is 0.251 e. The van der Waals surface area contributed by atoms with Crippen molar-refractivity contribution in [1.82, 2.24) is 14.5 Å². The molecule has 2 aliphatic rings. The fraction of sp³-hybridized carbons (Fsp3) is 0.435. The summed E-state index contributed by atoms with van der Waals surface area (Å²) in [5.74, 6) is -0.215. The van der Waals surface area contributed by atoms with Gasteiger partial charge in [-0.2, -0.15) is 4.31 Å². The molecule has 7 nitrogen and oxygen atoms in total. The first kappa shape index (κ1) is 21.8. The fourth-order valence-electron chi connectivity index (χ4n) is 4.03. The van der Waals surface area contributed by atoms with Crippen molar-refractivity contribution in [3.8, 4) is 0 Å². The standard InChI is InChI=1S/C23H30N4O3S/c1-25-14-16-26(17-15-25)21-8-4-19(5-9-21)18-24-23(28)20-6-10-22(11-7-20)31(29,30)27-12-2-3-13-27/h4-11H,2-3,12-18H2,1H3,(H,24,28). The average Bonchev–Trinajstić information content (AvgIpc) is 3.34. The van der Waals surface area contributed by atoms with Gasteiger partial charge < -0.3 is 15.1 Å². The first-order valence-corrected chi connectivity index (χ1v) is 12.3. The first-order chi connectivity index (χ1) is 14.9. The largest absolute Gasteiger partial charge is 0.369 e. The highest BCUT2D eigenvalue weighted by atomic mass is 32.2. The smallest absolute Gasteiger partial charge is 0.251 e. The van der Waals surface area contributed by atoms with Crippen molar-refractivity contribution >= 4 is 21.6 Å². The van der Waals surface area contributed by atoms with E-state index >= 15 is 0 Å². The number of carbonyl (C=O) groups excluding carboxylic acids is 1. The molecule has 0 bridgehead atoms. The lowest BCUT2D eigenvalue weighted by Gasteiger charge is -2.34. The van der Waals surface area contributed by atoms with Crippen molar-refractivity contribution in [2.45, 2.75) is 24.3 Å². The Kier molecular flexibility index (Phi) is 6.60. The maximum absolute atomic E-state index is 12.6. The number of benzene rings is 2. The van der Waals surface area contributed by atoms with Crippen molar-refractivity contribution in [3.63, 3.8) is 0 Å². The van der Waals surface area contributed by atoms with E-state index in [1.807, 2.05) is 12.1 Å². The van der Waals surface area contributed by atoms with Crippen LogP contribution in [0.15, 0.2) is 53.4 Å². The predicted molar refractivity (Wildman–Crippen MR) is 122 cm³/mol. The van der Waals surface area contributed by atoms with Crippen molar-refractivity contribution in [2.75, 3.05) is 51.2 Å². The molecular weight excluding hydrogens is 412 g/mol. The Morgan fingerprint density at radius 2 is 1.48 bits per heavy atom. The highest BCUT2D eigenvalue weighted by Gasteiger charge is 2.27. The summed E-state index contributed by atoms with van der Waals surface area (Å²) in [7, 11) is -1.32. The van der Waals surface area contributed by atoms with Gasteiger partial charge in [-0.05, 0) is 61.9 Å². The molecule has 0 saturated carbocycles. The average molecular weight is 443 g/mol. The summed E-state index contributed by atoms with van der Waals surface area (Å²) < 4.78 is 26.7. The molecule has 2 aromatic carbocycles. The van der Waals surface area contributed by atoms with E-state index in [9.17, 15) is 13.2 Å². The number of hydrogen-bond acceptors (Lipinski definition) is 5. The van der Waals surface area contributed by atoms with Crippen LogP contribution in [0.5, 0.6) is 0 Å².